The third-order valence-corrected chi connectivity index (χ3v) is 6.45. The Hall–Kier alpha value is -2.90. The Morgan fingerprint density at radius 1 is 1.00 bits per heavy atom. The molecule has 160 valence electrons. The number of phenolic OH excluding ortho intramolecular Hbond substituents is 2. The van der Waals surface area contributed by atoms with Crippen molar-refractivity contribution in [1.29, 1.82) is 0 Å². The van der Waals surface area contributed by atoms with Crippen molar-refractivity contribution in [2.24, 2.45) is 0 Å². The van der Waals surface area contributed by atoms with E-state index in [1.165, 1.54) is 6.07 Å². The number of carbonyl (C=O) groups excluding carboxylic acids is 1. The van der Waals surface area contributed by atoms with Gasteiger partial charge in [-0.05, 0) is 38.7 Å². The molecule has 0 aliphatic carbocycles. The molecule has 1 fully saturated rings. The van der Waals surface area contributed by atoms with E-state index in [9.17, 15) is 15.0 Å². The highest BCUT2D eigenvalue weighted by molar-refractivity contribution is 9.10. The Balaban J connectivity index is 1.48. The number of hydrogen-bond acceptors (Lipinski definition) is 5. The molecule has 2 heterocycles. The van der Waals surface area contributed by atoms with E-state index in [0.717, 1.165) is 30.8 Å². The molecule has 7 heteroatoms. The summed E-state index contributed by atoms with van der Waals surface area (Å²) in [7, 11) is 0. The average Bonchev–Trinajstić information content (AvgIpc) is 2.79. The third-order valence-electron chi connectivity index (χ3n) is 5.57. The fourth-order valence-corrected chi connectivity index (χ4v) is 4.40. The number of pyridine rings is 1. The lowest BCUT2D eigenvalue weighted by atomic mass is 9.95. The summed E-state index contributed by atoms with van der Waals surface area (Å²) in [5.41, 5.74) is 3.11. The molecule has 1 aliphatic rings. The van der Waals surface area contributed by atoms with E-state index in [1.54, 1.807) is 6.20 Å². The van der Waals surface area contributed by atoms with Crippen LogP contribution in [0.25, 0.3) is 11.1 Å². The number of benzene rings is 2. The first-order chi connectivity index (χ1) is 15.0. The molecule has 0 bridgehead atoms. The topological polar surface area (TPSA) is 76.9 Å². The van der Waals surface area contributed by atoms with Gasteiger partial charge in [0.05, 0.1) is 10.9 Å². The maximum atomic E-state index is 13.1. The molecule has 0 atom stereocenters. The smallest absolute Gasteiger partial charge is 0.227 e. The number of amides is 1. The third kappa shape index (κ3) is 4.89. The molecule has 1 aromatic heterocycles. The van der Waals surface area contributed by atoms with Crippen molar-refractivity contribution < 1.29 is 15.0 Å². The van der Waals surface area contributed by atoms with Crippen LogP contribution in [0.15, 0.2) is 65.4 Å². The highest BCUT2D eigenvalue weighted by Gasteiger charge is 2.25. The minimum absolute atomic E-state index is 0.0242. The first kappa shape index (κ1) is 21.3. The van der Waals surface area contributed by atoms with Gasteiger partial charge in [0.25, 0.3) is 0 Å². The van der Waals surface area contributed by atoms with Gasteiger partial charge in [-0.25, -0.2) is 0 Å². The molecule has 0 spiro atoms. The summed E-state index contributed by atoms with van der Waals surface area (Å²) in [5.74, 6) is -0.152. The Morgan fingerprint density at radius 2 is 1.74 bits per heavy atom. The van der Waals surface area contributed by atoms with Crippen LogP contribution >= 0.6 is 15.9 Å². The van der Waals surface area contributed by atoms with Crippen LogP contribution in [0.4, 0.5) is 0 Å². The van der Waals surface area contributed by atoms with E-state index in [0.29, 0.717) is 28.7 Å². The second-order valence-corrected chi connectivity index (χ2v) is 8.44. The van der Waals surface area contributed by atoms with Crippen molar-refractivity contribution in [2.75, 3.05) is 26.2 Å². The first-order valence-corrected chi connectivity index (χ1v) is 11.0. The molecule has 6 nitrogen and oxygen atoms in total. The van der Waals surface area contributed by atoms with E-state index >= 15 is 0 Å². The van der Waals surface area contributed by atoms with Crippen molar-refractivity contribution in [3.8, 4) is 22.6 Å². The number of aromatic nitrogens is 1. The highest BCUT2D eigenvalue weighted by atomic mass is 79.9. The number of phenols is 2. The van der Waals surface area contributed by atoms with Gasteiger partial charge in [0.1, 0.15) is 11.5 Å². The number of aromatic hydroxyl groups is 2. The van der Waals surface area contributed by atoms with Gasteiger partial charge < -0.3 is 15.1 Å². The Morgan fingerprint density at radius 3 is 2.42 bits per heavy atom. The lowest BCUT2D eigenvalue weighted by Gasteiger charge is -2.35. The standard InChI is InChI=1S/C24H24BrN3O3/c25-24-19(23(20(29)14-21(24)30)18-6-2-1-3-7-18)13-22(31)28-11-9-27(10-12-28)16-17-5-4-8-26-15-17/h1-8,14-15,29-30H,9-13,16H2. The minimum Gasteiger partial charge on any atom is -0.507 e. The first-order valence-electron chi connectivity index (χ1n) is 10.2. The largest absolute Gasteiger partial charge is 0.507 e. The van der Waals surface area contributed by atoms with Crippen LogP contribution in [0.2, 0.25) is 0 Å². The Labute approximate surface area is 189 Å². The number of piperazine rings is 1. The van der Waals surface area contributed by atoms with Crippen molar-refractivity contribution >= 4 is 21.8 Å². The van der Waals surface area contributed by atoms with Gasteiger partial charge in [-0.3, -0.25) is 14.7 Å². The van der Waals surface area contributed by atoms with Crippen LogP contribution in [0.5, 0.6) is 11.5 Å². The molecule has 1 amide bonds. The summed E-state index contributed by atoms with van der Waals surface area (Å²) < 4.78 is 0.438. The second-order valence-electron chi connectivity index (χ2n) is 7.64. The summed E-state index contributed by atoms with van der Waals surface area (Å²) in [6.45, 7) is 3.68. The van der Waals surface area contributed by atoms with Gasteiger partial charge in [0, 0.05) is 56.7 Å². The van der Waals surface area contributed by atoms with Gasteiger partial charge in [-0.2, -0.15) is 0 Å². The Bertz CT molecular complexity index is 1050. The number of rotatable bonds is 5. The van der Waals surface area contributed by atoms with E-state index in [2.05, 4.69) is 31.9 Å². The van der Waals surface area contributed by atoms with Crippen LogP contribution < -0.4 is 0 Å². The molecule has 0 radical (unpaired) electrons. The molecule has 0 unspecified atom stereocenters. The number of carbonyl (C=O) groups is 1. The SMILES string of the molecule is O=C(Cc1c(Br)c(O)cc(O)c1-c1ccccc1)N1CCN(Cc2cccnc2)CC1. The summed E-state index contributed by atoms with van der Waals surface area (Å²) >= 11 is 3.42. The number of nitrogens with zero attached hydrogens (tertiary/aromatic N) is 3. The predicted molar refractivity (Wildman–Crippen MR) is 123 cm³/mol. The lowest BCUT2D eigenvalue weighted by Crippen LogP contribution is -2.48. The zero-order chi connectivity index (χ0) is 21.8. The molecule has 2 aromatic carbocycles. The fourth-order valence-electron chi connectivity index (χ4n) is 3.95. The molecule has 31 heavy (non-hydrogen) atoms. The second kappa shape index (κ2) is 9.49. The maximum absolute atomic E-state index is 13.1. The zero-order valence-electron chi connectivity index (χ0n) is 17.0. The van der Waals surface area contributed by atoms with Gasteiger partial charge in [-0.15, -0.1) is 0 Å². The summed E-state index contributed by atoms with van der Waals surface area (Å²) in [6, 6.07) is 14.7. The molecule has 3 aromatic rings. The van der Waals surface area contributed by atoms with Gasteiger partial charge >= 0.3 is 0 Å². The maximum Gasteiger partial charge on any atom is 0.227 e. The number of hydrogen-bond donors (Lipinski definition) is 2. The summed E-state index contributed by atoms with van der Waals surface area (Å²) in [6.07, 6.45) is 3.73. The summed E-state index contributed by atoms with van der Waals surface area (Å²) in [5, 5.41) is 20.7. The number of halogens is 1. The minimum atomic E-state index is -0.0822. The van der Waals surface area contributed by atoms with Gasteiger partial charge in [0.2, 0.25) is 5.91 Å². The van der Waals surface area contributed by atoms with Gasteiger partial charge in [0.15, 0.2) is 0 Å². The van der Waals surface area contributed by atoms with Crippen molar-refractivity contribution in [1.82, 2.24) is 14.8 Å². The van der Waals surface area contributed by atoms with Crippen LogP contribution in [-0.4, -0.2) is 57.1 Å². The van der Waals surface area contributed by atoms with Crippen molar-refractivity contribution in [2.45, 2.75) is 13.0 Å². The quantitative estimate of drug-likeness (QED) is 0.579. The normalized spacial score (nSPS) is 14.5. The predicted octanol–water partition coefficient (Wildman–Crippen LogP) is 3.81. The molecule has 1 aliphatic heterocycles. The van der Waals surface area contributed by atoms with Crippen LogP contribution in [-0.2, 0) is 17.8 Å². The molecule has 4 rings (SSSR count). The zero-order valence-corrected chi connectivity index (χ0v) is 18.6. The van der Waals surface area contributed by atoms with Gasteiger partial charge in [-0.1, -0.05) is 36.4 Å². The molecular formula is C24H24BrN3O3. The molecule has 2 N–H and O–H groups in total. The van der Waals surface area contributed by atoms with E-state index in [4.69, 9.17) is 0 Å². The van der Waals surface area contributed by atoms with Crippen LogP contribution in [0.1, 0.15) is 11.1 Å². The average molecular weight is 482 g/mol. The Kier molecular flexibility index (Phi) is 6.53. The van der Waals surface area contributed by atoms with E-state index < -0.39 is 0 Å². The van der Waals surface area contributed by atoms with Crippen molar-refractivity contribution in [3.05, 3.63) is 76.5 Å². The molecule has 1 saturated heterocycles. The highest BCUT2D eigenvalue weighted by Crippen LogP contribution is 2.42. The summed E-state index contributed by atoms with van der Waals surface area (Å²) in [4.78, 5) is 21.4. The van der Waals surface area contributed by atoms with Crippen molar-refractivity contribution in [3.63, 3.8) is 0 Å². The van der Waals surface area contributed by atoms with E-state index in [1.807, 2.05) is 47.5 Å². The molecular weight excluding hydrogens is 458 g/mol. The van der Waals surface area contributed by atoms with E-state index in [-0.39, 0.29) is 23.8 Å². The fraction of sp³-hybridized carbons (Fsp3) is 0.250. The monoisotopic (exact) mass is 481 g/mol. The lowest BCUT2D eigenvalue weighted by molar-refractivity contribution is -0.132. The van der Waals surface area contributed by atoms with Crippen LogP contribution in [0.3, 0.4) is 0 Å². The molecule has 0 saturated carbocycles. The van der Waals surface area contributed by atoms with Crippen LogP contribution in [0, 0.1) is 0 Å².